The first-order valence-electron chi connectivity index (χ1n) is 10.8. The number of benzene rings is 1. The molecule has 1 N–H and O–H groups in total. The Balaban J connectivity index is 1.54. The number of thiophene rings is 1. The molecule has 2 heterocycles. The van der Waals surface area contributed by atoms with Gasteiger partial charge in [-0.1, -0.05) is 23.8 Å². The minimum Gasteiger partial charge on any atom is -0.497 e. The predicted molar refractivity (Wildman–Crippen MR) is 127 cm³/mol. The number of carbonyl (C=O) groups excluding carboxylic acids is 1. The standard InChI is InChI=1S/C24H27N3O4S/c1-31-19-9-7-18(8-10-19)15-27-23(29)22-20(12-14-32-22)26(24(27)30)16-21(28)25-13-11-17-5-3-2-4-6-17/h5,7-10,12,14H,2-4,6,11,13,15-16H2,1H3,(H,25,28). The van der Waals surface area contributed by atoms with Crippen molar-refractivity contribution in [1.82, 2.24) is 14.5 Å². The lowest BCUT2D eigenvalue weighted by Gasteiger charge is -2.14. The number of rotatable bonds is 8. The molecule has 1 amide bonds. The van der Waals surface area contributed by atoms with Crippen molar-refractivity contribution in [1.29, 1.82) is 0 Å². The Morgan fingerprint density at radius 1 is 1.12 bits per heavy atom. The molecular weight excluding hydrogens is 426 g/mol. The first-order chi connectivity index (χ1) is 15.6. The highest BCUT2D eigenvalue weighted by Gasteiger charge is 2.17. The van der Waals surface area contributed by atoms with Crippen LogP contribution in [0.15, 0.2) is 57.0 Å². The molecule has 0 atom stereocenters. The molecule has 0 fully saturated rings. The van der Waals surface area contributed by atoms with Gasteiger partial charge in [-0.15, -0.1) is 11.3 Å². The monoisotopic (exact) mass is 453 g/mol. The Bertz CT molecular complexity index is 1250. The summed E-state index contributed by atoms with van der Waals surface area (Å²) < 4.78 is 8.23. The summed E-state index contributed by atoms with van der Waals surface area (Å²) in [7, 11) is 1.58. The van der Waals surface area contributed by atoms with E-state index in [9.17, 15) is 14.4 Å². The minimum atomic E-state index is -0.484. The summed E-state index contributed by atoms with van der Waals surface area (Å²) in [5.74, 6) is 0.471. The van der Waals surface area contributed by atoms with Crippen molar-refractivity contribution < 1.29 is 9.53 Å². The number of methoxy groups -OCH3 is 1. The molecule has 3 aromatic rings. The molecule has 0 saturated heterocycles. The van der Waals surface area contributed by atoms with E-state index in [1.54, 1.807) is 30.7 Å². The summed E-state index contributed by atoms with van der Waals surface area (Å²) in [6, 6.07) is 8.94. The molecule has 0 spiro atoms. The Hall–Kier alpha value is -3.13. The number of carbonyl (C=O) groups is 1. The molecule has 32 heavy (non-hydrogen) atoms. The van der Waals surface area contributed by atoms with Gasteiger partial charge in [-0.25, -0.2) is 4.79 Å². The topological polar surface area (TPSA) is 82.3 Å². The molecule has 8 heteroatoms. The van der Waals surface area contributed by atoms with E-state index in [1.165, 1.54) is 38.9 Å². The van der Waals surface area contributed by atoms with Crippen LogP contribution in [0.2, 0.25) is 0 Å². The zero-order chi connectivity index (χ0) is 22.5. The van der Waals surface area contributed by atoms with Crippen molar-refractivity contribution in [3.8, 4) is 5.75 Å². The van der Waals surface area contributed by atoms with E-state index in [0.717, 1.165) is 24.8 Å². The van der Waals surface area contributed by atoms with Gasteiger partial charge >= 0.3 is 5.69 Å². The van der Waals surface area contributed by atoms with E-state index >= 15 is 0 Å². The molecule has 1 aliphatic carbocycles. The Morgan fingerprint density at radius 3 is 2.66 bits per heavy atom. The van der Waals surface area contributed by atoms with E-state index in [4.69, 9.17) is 4.74 Å². The lowest BCUT2D eigenvalue weighted by atomic mass is 9.97. The molecule has 0 unspecified atom stereocenters. The summed E-state index contributed by atoms with van der Waals surface area (Å²) in [4.78, 5) is 38.8. The number of nitrogens with zero attached hydrogens (tertiary/aromatic N) is 2. The second-order valence-corrected chi connectivity index (χ2v) is 8.87. The van der Waals surface area contributed by atoms with Crippen molar-refractivity contribution in [3.05, 3.63) is 73.8 Å². The molecule has 0 saturated carbocycles. The quantitative estimate of drug-likeness (QED) is 0.531. The zero-order valence-corrected chi connectivity index (χ0v) is 19.0. The molecule has 1 aliphatic rings. The molecule has 2 aromatic heterocycles. The highest BCUT2D eigenvalue weighted by molar-refractivity contribution is 7.17. The van der Waals surface area contributed by atoms with Crippen LogP contribution in [0.5, 0.6) is 5.75 Å². The van der Waals surface area contributed by atoms with Gasteiger partial charge in [-0.3, -0.25) is 18.7 Å². The van der Waals surface area contributed by atoms with E-state index < -0.39 is 5.69 Å². The predicted octanol–water partition coefficient (Wildman–Crippen LogP) is 3.29. The number of fused-ring (bicyclic) bond motifs is 1. The van der Waals surface area contributed by atoms with Crippen LogP contribution in [0, 0.1) is 0 Å². The number of hydrogen-bond donors (Lipinski definition) is 1. The molecule has 0 bridgehead atoms. The van der Waals surface area contributed by atoms with Crippen LogP contribution >= 0.6 is 11.3 Å². The van der Waals surface area contributed by atoms with Crippen molar-refractivity contribution in [2.24, 2.45) is 0 Å². The van der Waals surface area contributed by atoms with Crippen LogP contribution in [0.1, 0.15) is 37.7 Å². The van der Waals surface area contributed by atoms with Crippen molar-refractivity contribution in [2.75, 3.05) is 13.7 Å². The second-order valence-electron chi connectivity index (χ2n) is 7.95. The van der Waals surface area contributed by atoms with E-state index in [1.807, 2.05) is 12.1 Å². The second kappa shape index (κ2) is 9.99. The van der Waals surface area contributed by atoms with Gasteiger partial charge in [0, 0.05) is 6.54 Å². The van der Waals surface area contributed by atoms with Gasteiger partial charge in [0.15, 0.2) is 0 Å². The Labute approximate surface area is 190 Å². The van der Waals surface area contributed by atoms with Gasteiger partial charge < -0.3 is 10.1 Å². The van der Waals surface area contributed by atoms with Crippen molar-refractivity contribution >= 4 is 27.5 Å². The molecular formula is C24H27N3O4S. The summed E-state index contributed by atoms with van der Waals surface area (Å²) in [6.07, 6.45) is 7.77. The summed E-state index contributed by atoms with van der Waals surface area (Å²) in [6.45, 7) is 0.566. The molecule has 0 radical (unpaired) electrons. The third-order valence-corrected chi connectivity index (χ3v) is 6.68. The number of hydrogen-bond acceptors (Lipinski definition) is 5. The SMILES string of the molecule is COc1ccc(Cn2c(=O)c3sccc3n(CC(=O)NCCC3=CCCCC3)c2=O)cc1. The first-order valence-corrected chi connectivity index (χ1v) is 11.7. The number of nitrogens with one attached hydrogen (secondary N) is 1. The van der Waals surface area contributed by atoms with Gasteiger partial charge in [-0.2, -0.15) is 0 Å². The number of ether oxygens (including phenoxy) is 1. The van der Waals surface area contributed by atoms with E-state index in [2.05, 4.69) is 11.4 Å². The lowest BCUT2D eigenvalue weighted by molar-refractivity contribution is -0.121. The van der Waals surface area contributed by atoms with Crippen LogP contribution < -0.4 is 21.3 Å². The van der Waals surface area contributed by atoms with Crippen molar-refractivity contribution in [2.45, 2.75) is 45.2 Å². The van der Waals surface area contributed by atoms with Crippen LogP contribution in [-0.4, -0.2) is 28.7 Å². The number of aromatic nitrogens is 2. The third kappa shape index (κ3) is 4.85. The third-order valence-electron chi connectivity index (χ3n) is 5.79. The fraction of sp³-hybridized carbons (Fsp3) is 0.375. The van der Waals surface area contributed by atoms with E-state index in [-0.39, 0.29) is 24.6 Å². The van der Waals surface area contributed by atoms with Crippen LogP contribution in [-0.2, 0) is 17.9 Å². The van der Waals surface area contributed by atoms with Gasteiger partial charge in [-0.05, 0) is 61.2 Å². The van der Waals surface area contributed by atoms with Gasteiger partial charge in [0.2, 0.25) is 5.91 Å². The maximum atomic E-state index is 13.2. The average Bonchev–Trinajstić information content (AvgIpc) is 3.31. The lowest BCUT2D eigenvalue weighted by Crippen LogP contribution is -2.42. The summed E-state index contributed by atoms with van der Waals surface area (Å²) in [5.41, 5.74) is 1.87. The average molecular weight is 454 g/mol. The van der Waals surface area contributed by atoms with Crippen LogP contribution in [0.3, 0.4) is 0 Å². The Kier molecular flexibility index (Phi) is 6.90. The largest absolute Gasteiger partial charge is 0.497 e. The fourth-order valence-electron chi connectivity index (χ4n) is 4.03. The zero-order valence-electron chi connectivity index (χ0n) is 18.1. The highest BCUT2D eigenvalue weighted by atomic mass is 32.1. The summed E-state index contributed by atoms with van der Waals surface area (Å²) in [5, 5.41) is 4.69. The minimum absolute atomic E-state index is 0.117. The maximum Gasteiger partial charge on any atom is 0.332 e. The van der Waals surface area contributed by atoms with E-state index in [0.29, 0.717) is 22.5 Å². The number of amides is 1. The molecule has 0 aliphatic heterocycles. The van der Waals surface area contributed by atoms with Crippen LogP contribution in [0.25, 0.3) is 10.2 Å². The smallest absolute Gasteiger partial charge is 0.332 e. The number of allylic oxidation sites excluding steroid dienone is 1. The first kappa shape index (κ1) is 22.1. The molecule has 1 aromatic carbocycles. The Morgan fingerprint density at radius 2 is 1.94 bits per heavy atom. The highest BCUT2D eigenvalue weighted by Crippen LogP contribution is 2.19. The summed E-state index contributed by atoms with van der Waals surface area (Å²) >= 11 is 1.28. The van der Waals surface area contributed by atoms with Crippen LogP contribution in [0.4, 0.5) is 0 Å². The van der Waals surface area contributed by atoms with Gasteiger partial charge in [0.05, 0.1) is 19.2 Å². The molecule has 7 nitrogen and oxygen atoms in total. The molecule has 4 rings (SSSR count). The maximum absolute atomic E-state index is 13.2. The molecule has 168 valence electrons. The normalized spacial score (nSPS) is 13.7. The van der Waals surface area contributed by atoms with Crippen molar-refractivity contribution in [3.63, 3.8) is 0 Å². The fourth-order valence-corrected chi connectivity index (χ4v) is 4.88. The van der Waals surface area contributed by atoms with Gasteiger partial charge in [0.25, 0.3) is 5.56 Å². The van der Waals surface area contributed by atoms with Gasteiger partial charge in [0.1, 0.15) is 17.0 Å².